The lowest BCUT2D eigenvalue weighted by Gasteiger charge is -2.02. The first kappa shape index (κ1) is 12.2. The molecule has 0 amide bonds. The highest BCUT2D eigenvalue weighted by molar-refractivity contribution is 8.18. The topological polar surface area (TPSA) is 52.6 Å². The summed E-state index contributed by atoms with van der Waals surface area (Å²) >= 11 is 4.53. The first-order valence-electron chi connectivity index (χ1n) is 3.68. The molecular weight excluding hydrogens is 212 g/mol. The number of ether oxygens (including phenoxy) is 2. The van der Waals surface area contributed by atoms with Crippen LogP contribution in [-0.4, -0.2) is 30.0 Å². The molecule has 4 nitrogen and oxygen atoms in total. The molecule has 0 aromatic carbocycles. The fourth-order valence-corrected chi connectivity index (χ4v) is 1.21. The summed E-state index contributed by atoms with van der Waals surface area (Å²) in [5.41, 5.74) is 0. The van der Waals surface area contributed by atoms with Crippen LogP contribution < -0.4 is 0 Å². The van der Waals surface area contributed by atoms with Gasteiger partial charge in [-0.1, -0.05) is 9.91 Å². The third kappa shape index (κ3) is 4.14. The summed E-state index contributed by atoms with van der Waals surface area (Å²) in [6.07, 6.45) is 0. The monoisotopic (exact) mass is 222 g/mol. The number of esters is 2. The van der Waals surface area contributed by atoms with Crippen LogP contribution in [0, 0.1) is 0 Å². The smallest absolute Gasteiger partial charge is 0.356 e. The molecule has 74 valence electrons. The standard InChI is InChI=1S/C7H10O4S2/c1-3-10-6(8)5(13-12)7(9)11-4-2/h3-4H2,1-2H3. The van der Waals surface area contributed by atoms with Crippen LogP contribution in [0.4, 0.5) is 0 Å². The zero-order chi connectivity index (χ0) is 10.3. The minimum absolute atomic E-state index is 0.196. The lowest BCUT2D eigenvalue weighted by atomic mass is 10.4. The third-order valence-corrected chi connectivity index (χ3v) is 2.00. The Kier molecular flexibility index (Phi) is 6.34. The van der Waals surface area contributed by atoms with Crippen molar-refractivity contribution in [3.8, 4) is 0 Å². The Hall–Kier alpha value is -0.750. The van der Waals surface area contributed by atoms with E-state index in [9.17, 15) is 9.59 Å². The Morgan fingerprint density at radius 1 is 1.15 bits per heavy atom. The maximum absolute atomic E-state index is 11.0. The highest BCUT2D eigenvalue weighted by Crippen LogP contribution is 1.87. The van der Waals surface area contributed by atoms with Gasteiger partial charge >= 0.3 is 11.9 Å². The molecule has 0 rings (SSSR count). The predicted molar refractivity (Wildman–Crippen MR) is 53.0 cm³/mol. The van der Waals surface area contributed by atoms with Gasteiger partial charge in [0.15, 0.2) is 0 Å². The third-order valence-electron chi connectivity index (χ3n) is 1.00. The average molecular weight is 222 g/mol. The van der Waals surface area contributed by atoms with E-state index in [0.29, 0.717) is 9.91 Å². The van der Waals surface area contributed by atoms with Crippen LogP contribution in [-0.2, 0) is 40.2 Å². The van der Waals surface area contributed by atoms with E-state index in [2.05, 4.69) is 20.7 Å². The zero-order valence-corrected chi connectivity index (χ0v) is 9.00. The van der Waals surface area contributed by atoms with Crippen molar-refractivity contribution < 1.29 is 19.1 Å². The van der Waals surface area contributed by atoms with E-state index in [4.69, 9.17) is 0 Å². The molecule has 0 aromatic rings. The van der Waals surface area contributed by atoms with Gasteiger partial charge in [-0.15, -0.1) is 0 Å². The fourth-order valence-electron chi connectivity index (χ4n) is 0.545. The average Bonchev–Trinajstić information content (AvgIpc) is 2.06. The molecule has 0 fully saturated rings. The SMILES string of the molecule is CCOC(=O)C(=S=S)C(=O)OCC. The maximum atomic E-state index is 11.0. The van der Waals surface area contributed by atoms with Crippen LogP contribution in [0.5, 0.6) is 0 Å². The fraction of sp³-hybridized carbons (Fsp3) is 0.571. The first-order valence-corrected chi connectivity index (χ1v) is 5.42. The van der Waals surface area contributed by atoms with Crippen LogP contribution in [0.15, 0.2) is 0 Å². The molecule has 0 N–H and O–H groups in total. The van der Waals surface area contributed by atoms with Crippen molar-refractivity contribution in [3.05, 3.63) is 0 Å². The van der Waals surface area contributed by atoms with Crippen molar-refractivity contribution in [2.75, 3.05) is 13.2 Å². The minimum atomic E-state index is -0.721. The summed E-state index contributed by atoms with van der Waals surface area (Å²) in [5, 5.41) is 0. The second kappa shape index (κ2) is 6.73. The Balaban J connectivity index is 4.44. The number of carbonyl (C=O) groups is 2. The van der Waals surface area contributed by atoms with Gasteiger partial charge in [0.05, 0.1) is 13.2 Å². The molecule has 0 aromatic heterocycles. The number of carbonyl (C=O) groups excluding carboxylic acids is 2. The van der Waals surface area contributed by atoms with E-state index in [1.807, 2.05) is 0 Å². The molecule has 0 saturated heterocycles. The molecule has 6 heteroatoms. The van der Waals surface area contributed by atoms with E-state index in [0.717, 1.165) is 0 Å². The van der Waals surface area contributed by atoms with Gasteiger partial charge in [-0.25, -0.2) is 9.59 Å². The second-order valence-corrected chi connectivity index (χ2v) is 2.93. The molecular formula is C7H10O4S2. The van der Waals surface area contributed by atoms with Crippen LogP contribution in [0.2, 0.25) is 0 Å². The molecule has 0 aliphatic rings. The lowest BCUT2D eigenvalue weighted by Crippen LogP contribution is -2.28. The van der Waals surface area contributed by atoms with Crippen molar-refractivity contribution >= 4 is 37.9 Å². The van der Waals surface area contributed by atoms with Crippen LogP contribution in [0.1, 0.15) is 13.8 Å². The van der Waals surface area contributed by atoms with E-state index >= 15 is 0 Å². The van der Waals surface area contributed by atoms with Gasteiger partial charge in [-0.2, -0.15) is 0 Å². The zero-order valence-electron chi connectivity index (χ0n) is 7.36. The highest BCUT2D eigenvalue weighted by Gasteiger charge is 2.20. The number of hydrogen-bond donors (Lipinski definition) is 0. The molecule has 0 saturated carbocycles. The molecule has 0 bridgehead atoms. The predicted octanol–water partition coefficient (Wildman–Crippen LogP) is -0.171. The molecule has 0 heterocycles. The Bertz CT molecular complexity index is 235. The molecule has 13 heavy (non-hydrogen) atoms. The highest BCUT2D eigenvalue weighted by atomic mass is 32.8. The van der Waals surface area contributed by atoms with E-state index < -0.39 is 11.9 Å². The second-order valence-electron chi connectivity index (χ2n) is 1.85. The van der Waals surface area contributed by atoms with Crippen molar-refractivity contribution in [1.29, 1.82) is 0 Å². The van der Waals surface area contributed by atoms with Gasteiger partial charge < -0.3 is 9.47 Å². The van der Waals surface area contributed by atoms with Crippen LogP contribution in [0.25, 0.3) is 0 Å². The van der Waals surface area contributed by atoms with Crippen molar-refractivity contribution in [1.82, 2.24) is 0 Å². The Morgan fingerprint density at radius 2 is 1.54 bits per heavy atom. The largest absolute Gasteiger partial charge is 0.462 e. The van der Waals surface area contributed by atoms with E-state index in [-0.39, 0.29) is 18.1 Å². The summed E-state index contributed by atoms with van der Waals surface area (Å²) < 4.78 is 9.20. The molecule has 0 aliphatic carbocycles. The van der Waals surface area contributed by atoms with Crippen molar-refractivity contribution in [3.63, 3.8) is 0 Å². The Morgan fingerprint density at radius 3 is 1.77 bits per heavy atom. The van der Waals surface area contributed by atoms with Gasteiger partial charge in [0.25, 0.3) is 0 Å². The quantitative estimate of drug-likeness (QED) is 0.375. The maximum Gasteiger partial charge on any atom is 0.356 e. The van der Waals surface area contributed by atoms with Crippen LogP contribution in [0.3, 0.4) is 0 Å². The van der Waals surface area contributed by atoms with E-state index in [1.165, 1.54) is 0 Å². The van der Waals surface area contributed by atoms with Crippen molar-refractivity contribution in [2.45, 2.75) is 13.8 Å². The molecule has 0 atom stereocenters. The lowest BCUT2D eigenvalue weighted by molar-refractivity contribution is -0.140. The summed E-state index contributed by atoms with van der Waals surface area (Å²) in [6, 6.07) is 0. The van der Waals surface area contributed by atoms with Gasteiger partial charge in [-0.3, -0.25) is 0 Å². The Labute approximate surface area is 84.4 Å². The molecule has 0 unspecified atom stereocenters. The van der Waals surface area contributed by atoms with E-state index in [1.54, 1.807) is 13.8 Å². The summed E-state index contributed by atoms with van der Waals surface area (Å²) in [5.74, 6) is -1.44. The van der Waals surface area contributed by atoms with Gasteiger partial charge in [0, 0.05) is 0 Å². The molecule has 0 radical (unpaired) electrons. The van der Waals surface area contributed by atoms with Crippen LogP contribution >= 0.6 is 0 Å². The summed E-state index contributed by atoms with van der Waals surface area (Å²) in [7, 11) is 0.617. The number of hydrogen-bond acceptors (Lipinski definition) is 5. The number of rotatable bonds is 4. The first-order chi connectivity index (χ1) is 6.17. The van der Waals surface area contributed by atoms with Crippen molar-refractivity contribution in [2.24, 2.45) is 0 Å². The van der Waals surface area contributed by atoms with Gasteiger partial charge in [0.1, 0.15) is 0 Å². The minimum Gasteiger partial charge on any atom is -0.462 e. The van der Waals surface area contributed by atoms with Gasteiger partial charge in [0.2, 0.25) is 4.86 Å². The summed E-state index contributed by atoms with van der Waals surface area (Å²) in [6.45, 7) is 3.71. The molecule has 0 spiro atoms. The van der Waals surface area contributed by atoms with Gasteiger partial charge in [-0.05, 0) is 25.0 Å². The summed E-state index contributed by atoms with van der Waals surface area (Å²) in [4.78, 5) is 21.9. The molecule has 0 aliphatic heterocycles. The normalized spacial score (nSPS) is 8.77.